The molecular weight excluding hydrogens is 406 g/mol. The Kier molecular flexibility index (Phi) is 6.03. The number of anilines is 1. The summed E-state index contributed by atoms with van der Waals surface area (Å²) < 4.78 is 1.83. The summed E-state index contributed by atoms with van der Waals surface area (Å²) >= 11 is 0. The van der Waals surface area contributed by atoms with E-state index in [1.807, 2.05) is 30.7 Å². The van der Waals surface area contributed by atoms with Gasteiger partial charge in [-0.2, -0.15) is 0 Å². The van der Waals surface area contributed by atoms with Crippen LogP contribution in [0.4, 0.5) is 5.69 Å². The first-order valence-electron chi connectivity index (χ1n) is 10.9. The van der Waals surface area contributed by atoms with Gasteiger partial charge in [0.2, 0.25) is 5.91 Å². The number of likely N-dealkylation sites (tertiary alicyclic amines) is 1. The van der Waals surface area contributed by atoms with Crippen LogP contribution >= 0.6 is 0 Å². The van der Waals surface area contributed by atoms with Crippen molar-refractivity contribution >= 4 is 34.3 Å². The molecule has 0 unspecified atom stereocenters. The molecule has 8 heteroatoms. The van der Waals surface area contributed by atoms with Crippen LogP contribution in [0.15, 0.2) is 42.5 Å². The fourth-order valence-electron chi connectivity index (χ4n) is 4.04. The van der Waals surface area contributed by atoms with Crippen molar-refractivity contribution in [3.05, 3.63) is 53.6 Å². The Morgan fingerprint density at radius 1 is 1.03 bits per heavy atom. The summed E-state index contributed by atoms with van der Waals surface area (Å²) in [6.07, 6.45) is 1.19. The molecule has 32 heavy (non-hydrogen) atoms. The Morgan fingerprint density at radius 2 is 1.78 bits per heavy atom. The lowest BCUT2D eigenvalue weighted by atomic mass is 9.95. The number of carbonyl (C=O) groups is 3. The Balaban J connectivity index is 1.37. The molecule has 1 aromatic heterocycles. The van der Waals surface area contributed by atoms with Crippen molar-refractivity contribution in [2.75, 3.05) is 18.4 Å². The van der Waals surface area contributed by atoms with Crippen LogP contribution in [0.25, 0.3) is 11.0 Å². The van der Waals surface area contributed by atoms with E-state index in [-0.39, 0.29) is 29.6 Å². The van der Waals surface area contributed by atoms with Crippen LogP contribution in [0.2, 0.25) is 0 Å². The van der Waals surface area contributed by atoms with Crippen molar-refractivity contribution < 1.29 is 14.4 Å². The highest BCUT2D eigenvalue weighted by Crippen LogP contribution is 2.23. The van der Waals surface area contributed by atoms with Gasteiger partial charge in [-0.05, 0) is 63.9 Å². The summed E-state index contributed by atoms with van der Waals surface area (Å²) in [4.78, 5) is 39.0. The van der Waals surface area contributed by atoms with Gasteiger partial charge in [-0.25, -0.2) is 4.68 Å². The second kappa shape index (κ2) is 8.90. The van der Waals surface area contributed by atoms with Crippen LogP contribution in [0.3, 0.4) is 0 Å². The molecule has 0 spiro atoms. The largest absolute Gasteiger partial charge is 0.339 e. The first-order valence-corrected chi connectivity index (χ1v) is 10.9. The van der Waals surface area contributed by atoms with Gasteiger partial charge in [0.1, 0.15) is 5.52 Å². The van der Waals surface area contributed by atoms with Gasteiger partial charge in [-0.1, -0.05) is 17.3 Å². The van der Waals surface area contributed by atoms with Crippen LogP contribution in [0.5, 0.6) is 0 Å². The SMILES string of the molecule is CC(=O)c1cccc(NC(=O)C2CCN(C(=O)c3ccc4c(c3)nnn4C(C)C)CC2)c1. The predicted molar refractivity (Wildman–Crippen MR) is 122 cm³/mol. The number of nitrogens with one attached hydrogen (secondary N) is 1. The number of nitrogens with zero attached hydrogens (tertiary/aromatic N) is 4. The van der Waals surface area contributed by atoms with E-state index >= 15 is 0 Å². The maximum absolute atomic E-state index is 13.0. The van der Waals surface area contributed by atoms with E-state index in [1.54, 1.807) is 35.2 Å². The molecule has 4 rings (SSSR count). The average molecular weight is 434 g/mol. The number of aromatic nitrogens is 3. The highest BCUT2D eigenvalue weighted by atomic mass is 16.2. The van der Waals surface area contributed by atoms with Crippen molar-refractivity contribution in [2.24, 2.45) is 5.92 Å². The molecule has 2 heterocycles. The van der Waals surface area contributed by atoms with Gasteiger partial charge in [0.05, 0.1) is 5.52 Å². The monoisotopic (exact) mass is 433 g/mol. The van der Waals surface area contributed by atoms with E-state index in [1.165, 1.54) is 6.92 Å². The van der Waals surface area contributed by atoms with Crippen LogP contribution in [0.1, 0.15) is 60.4 Å². The number of hydrogen-bond acceptors (Lipinski definition) is 5. The standard InChI is InChI=1S/C24H27N5O3/c1-15(2)29-22-8-7-19(14-21(22)26-27-29)24(32)28-11-9-17(10-12-28)23(31)25-20-6-4-5-18(13-20)16(3)30/h4-8,13-15,17H,9-12H2,1-3H3,(H,25,31). The molecule has 0 bridgehead atoms. The topological polar surface area (TPSA) is 97.2 Å². The van der Waals surface area contributed by atoms with E-state index in [4.69, 9.17) is 0 Å². The fourth-order valence-corrected chi connectivity index (χ4v) is 4.04. The number of hydrogen-bond donors (Lipinski definition) is 1. The fraction of sp³-hybridized carbons (Fsp3) is 0.375. The second-order valence-electron chi connectivity index (χ2n) is 8.52. The summed E-state index contributed by atoms with van der Waals surface area (Å²) in [6.45, 7) is 6.60. The number of amides is 2. The lowest BCUT2D eigenvalue weighted by Gasteiger charge is -2.31. The predicted octanol–water partition coefficient (Wildman–Crippen LogP) is 3.71. The van der Waals surface area contributed by atoms with E-state index in [0.29, 0.717) is 48.3 Å². The maximum Gasteiger partial charge on any atom is 0.253 e. The number of piperidine rings is 1. The van der Waals surface area contributed by atoms with Crippen LogP contribution in [0, 0.1) is 5.92 Å². The number of benzene rings is 2. The lowest BCUT2D eigenvalue weighted by Crippen LogP contribution is -2.41. The Hall–Kier alpha value is -3.55. The van der Waals surface area contributed by atoms with Crippen LogP contribution in [-0.4, -0.2) is 50.6 Å². The van der Waals surface area contributed by atoms with Gasteiger partial charge in [0, 0.05) is 41.9 Å². The minimum absolute atomic E-state index is 0.0436. The molecule has 0 atom stereocenters. The number of fused-ring (bicyclic) bond motifs is 1. The zero-order valence-corrected chi connectivity index (χ0v) is 18.5. The summed E-state index contributed by atoms with van der Waals surface area (Å²) in [5.74, 6) is -0.352. The molecule has 1 aliphatic heterocycles. The smallest absolute Gasteiger partial charge is 0.253 e. The highest BCUT2D eigenvalue weighted by molar-refractivity contribution is 5.99. The third-order valence-corrected chi connectivity index (χ3v) is 5.90. The molecule has 0 radical (unpaired) electrons. The van der Waals surface area contributed by atoms with Crippen molar-refractivity contribution in [1.82, 2.24) is 19.9 Å². The molecule has 3 aromatic rings. The molecule has 1 fully saturated rings. The summed E-state index contributed by atoms with van der Waals surface area (Å²) in [5.41, 5.74) is 3.36. The van der Waals surface area contributed by atoms with Crippen LogP contribution in [-0.2, 0) is 4.79 Å². The zero-order chi connectivity index (χ0) is 22.8. The van der Waals surface area contributed by atoms with Gasteiger partial charge in [-0.3, -0.25) is 14.4 Å². The molecule has 8 nitrogen and oxygen atoms in total. The van der Waals surface area contributed by atoms with Crippen molar-refractivity contribution in [3.63, 3.8) is 0 Å². The molecule has 2 amide bonds. The first-order chi connectivity index (χ1) is 15.3. The van der Waals surface area contributed by atoms with E-state index < -0.39 is 0 Å². The number of carbonyl (C=O) groups excluding carboxylic acids is 3. The summed E-state index contributed by atoms with van der Waals surface area (Å²) in [6, 6.07) is 12.6. The molecular formula is C24H27N5O3. The first kappa shape index (κ1) is 21.7. The van der Waals surface area contributed by atoms with Crippen molar-refractivity contribution in [1.29, 1.82) is 0 Å². The third kappa shape index (κ3) is 4.39. The Labute approximate surface area is 186 Å². The van der Waals surface area contributed by atoms with Crippen LogP contribution < -0.4 is 5.32 Å². The molecule has 2 aromatic carbocycles. The van der Waals surface area contributed by atoms with Gasteiger partial charge >= 0.3 is 0 Å². The van der Waals surface area contributed by atoms with Crippen molar-refractivity contribution in [3.8, 4) is 0 Å². The summed E-state index contributed by atoms with van der Waals surface area (Å²) in [7, 11) is 0. The molecule has 1 saturated heterocycles. The van der Waals surface area contributed by atoms with E-state index in [9.17, 15) is 14.4 Å². The number of rotatable bonds is 5. The second-order valence-corrected chi connectivity index (χ2v) is 8.52. The normalized spacial score (nSPS) is 14.7. The molecule has 1 N–H and O–H groups in total. The number of ketones is 1. The van der Waals surface area contributed by atoms with E-state index in [0.717, 1.165) is 5.52 Å². The molecule has 1 aliphatic rings. The van der Waals surface area contributed by atoms with Gasteiger partial charge in [-0.15, -0.1) is 5.10 Å². The zero-order valence-electron chi connectivity index (χ0n) is 18.5. The van der Waals surface area contributed by atoms with Crippen molar-refractivity contribution in [2.45, 2.75) is 39.7 Å². The third-order valence-electron chi connectivity index (χ3n) is 5.90. The maximum atomic E-state index is 13.0. The van der Waals surface area contributed by atoms with Gasteiger partial charge < -0.3 is 10.2 Å². The minimum Gasteiger partial charge on any atom is -0.339 e. The lowest BCUT2D eigenvalue weighted by molar-refractivity contribution is -0.121. The summed E-state index contributed by atoms with van der Waals surface area (Å²) in [5, 5.41) is 11.3. The minimum atomic E-state index is -0.173. The van der Waals surface area contributed by atoms with Gasteiger partial charge in [0.25, 0.3) is 5.91 Å². The number of Topliss-reactive ketones (excluding diaryl/α,β-unsaturated/α-hetero) is 1. The quantitative estimate of drug-likeness (QED) is 0.619. The van der Waals surface area contributed by atoms with Gasteiger partial charge in [0.15, 0.2) is 5.78 Å². The molecule has 0 saturated carbocycles. The average Bonchev–Trinajstić information content (AvgIpc) is 3.22. The highest BCUT2D eigenvalue weighted by Gasteiger charge is 2.28. The Morgan fingerprint density at radius 3 is 2.47 bits per heavy atom. The van der Waals surface area contributed by atoms with E-state index in [2.05, 4.69) is 15.6 Å². The Bertz CT molecular complexity index is 1180. The molecule has 0 aliphatic carbocycles. The molecule has 166 valence electrons.